The smallest absolute Gasteiger partial charge is 0.247 e. The number of hydrogen-bond acceptors (Lipinski definition) is 2. The van der Waals surface area contributed by atoms with Gasteiger partial charge in [0.2, 0.25) is 23.1 Å². The minimum absolute atomic E-state index is 0. The summed E-state index contributed by atoms with van der Waals surface area (Å²) in [5, 5.41) is 3.73. The van der Waals surface area contributed by atoms with Crippen LogP contribution in [0.2, 0.25) is 0 Å². The van der Waals surface area contributed by atoms with Crippen LogP contribution in [0, 0.1) is 12.8 Å². The summed E-state index contributed by atoms with van der Waals surface area (Å²) in [5.74, 6) is 0.437. The van der Waals surface area contributed by atoms with Crippen LogP contribution >= 0.6 is 22.7 Å². The number of carbonyl (C=O) groups excluding carboxylic acids is 4. The van der Waals surface area contributed by atoms with Crippen LogP contribution in [0.5, 0.6) is 0 Å². The molecule has 0 radical (unpaired) electrons. The molecule has 0 saturated carbocycles. The van der Waals surface area contributed by atoms with Crippen molar-refractivity contribution in [3.05, 3.63) is 57.6 Å². The van der Waals surface area contributed by atoms with Crippen molar-refractivity contribution >= 4 is 45.8 Å². The maximum absolute atomic E-state index is 9.27. The van der Waals surface area contributed by atoms with Crippen LogP contribution in [0.25, 0.3) is 0 Å². The average molecular weight is 386 g/mol. The summed E-state index contributed by atoms with van der Waals surface area (Å²) in [7, 11) is 0. The van der Waals surface area contributed by atoms with E-state index in [9.17, 15) is 9.59 Å². The molecule has 0 fully saturated rings. The van der Waals surface area contributed by atoms with E-state index in [4.69, 9.17) is 9.59 Å². The van der Waals surface area contributed by atoms with Crippen molar-refractivity contribution in [1.29, 1.82) is 0 Å². The summed E-state index contributed by atoms with van der Waals surface area (Å²) >= 11 is 2.86. The molecule has 23 heavy (non-hydrogen) atoms. The van der Waals surface area contributed by atoms with Crippen LogP contribution in [-0.4, -0.2) is 42.3 Å². The predicted molar refractivity (Wildman–Crippen MR) is 94.6 cm³/mol. The largest absolute Gasteiger partial charge is 0.312 e. The second-order valence-electron chi connectivity index (χ2n) is 4.30. The van der Waals surface area contributed by atoms with Gasteiger partial charge < -0.3 is 9.59 Å². The topological polar surface area (TPSA) is 85.6 Å². The fraction of sp³-hybridized carbons (Fsp3) is 0.125. The van der Waals surface area contributed by atoms with Crippen molar-refractivity contribution in [3.8, 4) is 0 Å². The van der Waals surface area contributed by atoms with Crippen LogP contribution in [0.4, 0.5) is 0 Å². The molecule has 120 valence electrons. The molecular formula is C16H18O4S2Ti+2. The van der Waals surface area contributed by atoms with Gasteiger partial charge in [-0.3, -0.25) is 9.59 Å². The summed E-state index contributed by atoms with van der Waals surface area (Å²) in [4.78, 5) is 37.7. The first-order valence-corrected chi connectivity index (χ1v) is 8.10. The summed E-state index contributed by atoms with van der Waals surface area (Å²) in [6.45, 7) is 3.04. The van der Waals surface area contributed by atoms with Crippen molar-refractivity contribution < 1.29 is 40.9 Å². The van der Waals surface area contributed by atoms with Gasteiger partial charge in [0.25, 0.3) is 0 Å². The monoisotopic (exact) mass is 386 g/mol. The Labute approximate surface area is 157 Å². The van der Waals surface area contributed by atoms with E-state index in [0.717, 1.165) is 9.75 Å². The second kappa shape index (κ2) is 11.1. The van der Waals surface area contributed by atoms with E-state index in [2.05, 4.69) is 0 Å². The zero-order valence-corrected chi connectivity index (χ0v) is 15.9. The van der Waals surface area contributed by atoms with Gasteiger partial charge in [0.05, 0.1) is 0 Å². The molecule has 4 N–H and O–H groups in total. The van der Waals surface area contributed by atoms with Crippen molar-refractivity contribution in [1.82, 2.24) is 0 Å². The van der Waals surface area contributed by atoms with Gasteiger partial charge >= 0.3 is 0 Å². The van der Waals surface area contributed by atoms with Gasteiger partial charge in [-0.1, -0.05) is 12.1 Å². The Hall–Kier alpha value is -1.47. The summed E-state index contributed by atoms with van der Waals surface area (Å²) in [6, 6.07) is 7.27. The van der Waals surface area contributed by atoms with Crippen molar-refractivity contribution in [2.24, 2.45) is 0 Å². The maximum Gasteiger partial charge on any atom is 0.247 e. The summed E-state index contributed by atoms with van der Waals surface area (Å²) in [6.07, 6.45) is 2.65. The quantitative estimate of drug-likeness (QED) is 0.240. The zero-order chi connectivity index (χ0) is 16.5. The molecule has 0 bridgehead atoms. The molecule has 0 atom stereocenters. The van der Waals surface area contributed by atoms with Crippen molar-refractivity contribution in [2.45, 2.75) is 13.8 Å². The summed E-state index contributed by atoms with van der Waals surface area (Å²) < 4.78 is 0. The molecule has 0 aliphatic heterocycles. The molecule has 0 aliphatic carbocycles. The Morgan fingerprint density at radius 3 is 1.35 bits per heavy atom. The predicted octanol–water partition coefficient (Wildman–Crippen LogP) is 2.82. The van der Waals surface area contributed by atoms with Crippen molar-refractivity contribution in [3.63, 3.8) is 0 Å². The van der Waals surface area contributed by atoms with Crippen LogP contribution in [0.3, 0.4) is 0 Å². The first kappa shape index (κ1) is 21.5. The Kier molecular flexibility index (Phi) is 10.4. The SMILES string of the molecule is CC(=[OH+])[CH-]C(=[OH+])c1cccs1.CC(=[OH+])[CH-]C(=[OH+])c1cccs1.[Ti]. The minimum atomic E-state index is 0. The van der Waals surface area contributed by atoms with Crippen LogP contribution in [0.1, 0.15) is 23.6 Å². The van der Waals surface area contributed by atoms with E-state index in [-0.39, 0.29) is 44.9 Å². The normalized spacial score (nSPS) is 8.78. The number of thiophene rings is 2. The molecular weight excluding hydrogens is 368 g/mol. The molecule has 0 aromatic carbocycles. The Morgan fingerprint density at radius 1 is 0.783 bits per heavy atom. The molecule has 0 saturated heterocycles. The first-order valence-electron chi connectivity index (χ1n) is 6.34. The van der Waals surface area contributed by atoms with Gasteiger partial charge in [-0.05, 0) is 33.4 Å². The Balaban J connectivity index is 0.000000403. The van der Waals surface area contributed by atoms with Crippen molar-refractivity contribution in [2.75, 3.05) is 0 Å². The van der Waals surface area contributed by atoms with Gasteiger partial charge in [-0.2, -0.15) is 0 Å². The molecule has 4 nitrogen and oxygen atoms in total. The molecule has 0 amide bonds. The second-order valence-corrected chi connectivity index (χ2v) is 6.19. The van der Waals surface area contributed by atoms with E-state index in [1.165, 1.54) is 49.4 Å². The first-order chi connectivity index (χ1) is 10.4. The van der Waals surface area contributed by atoms with Gasteiger partial charge in [-0.15, -0.1) is 12.1 Å². The van der Waals surface area contributed by atoms with Gasteiger partial charge in [0, 0.05) is 35.6 Å². The van der Waals surface area contributed by atoms with Crippen LogP contribution in [0.15, 0.2) is 35.0 Å². The number of rotatable bonds is 6. The molecule has 2 aromatic rings. The average Bonchev–Trinajstić information content (AvgIpc) is 3.12. The Bertz CT molecular complexity index is 587. The van der Waals surface area contributed by atoms with Crippen LogP contribution < -0.4 is 0 Å². The van der Waals surface area contributed by atoms with Gasteiger partial charge in [-0.25, -0.2) is 22.7 Å². The standard InChI is InChI=1S/2C8H7O2S.Ti/c2*1-6(9)5-7(10)8-3-2-4-11-8;/h2*2-5H,1H3;/q2*-1;/p+4. The van der Waals surface area contributed by atoms with E-state index in [1.807, 2.05) is 22.9 Å². The molecule has 2 heterocycles. The third-order valence-electron chi connectivity index (χ3n) is 2.24. The van der Waals surface area contributed by atoms with E-state index in [0.29, 0.717) is 0 Å². The Morgan fingerprint density at radius 2 is 1.13 bits per heavy atom. The molecule has 0 unspecified atom stereocenters. The van der Waals surface area contributed by atoms with E-state index >= 15 is 0 Å². The van der Waals surface area contributed by atoms with E-state index in [1.54, 1.807) is 12.1 Å². The van der Waals surface area contributed by atoms with Gasteiger partial charge in [0.15, 0.2) is 0 Å². The third-order valence-corrected chi connectivity index (χ3v) is 4.02. The maximum atomic E-state index is 9.27. The van der Waals surface area contributed by atoms with Crippen LogP contribution in [-0.2, 0) is 21.7 Å². The zero-order valence-electron chi connectivity index (χ0n) is 12.7. The molecule has 0 spiro atoms. The molecule has 7 heteroatoms. The number of hydrogen-bond donors (Lipinski definition) is 0. The fourth-order valence-corrected chi connectivity index (χ4v) is 2.67. The van der Waals surface area contributed by atoms with Gasteiger partial charge in [0.1, 0.15) is 0 Å². The van der Waals surface area contributed by atoms with E-state index < -0.39 is 0 Å². The molecule has 2 rings (SSSR count). The fourth-order valence-electron chi connectivity index (χ4n) is 1.39. The summed E-state index contributed by atoms with van der Waals surface area (Å²) in [5.41, 5.74) is 0. The molecule has 2 aromatic heterocycles. The third kappa shape index (κ3) is 8.66. The number of ketones is 4. The minimum Gasteiger partial charge on any atom is -0.312 e. The molecule has 0 aliphatic rings.